The summed E-state index contributed by atoms with van der Waals surface area (Å²) in [6.07, 6.45) is 2.57. The van der Waals surface area contributed by atoms with Gasteiger partial charge in [0.15, 0.2) is 11.5 Å². The van der Waals surface area contributed by atoms with Crippen molar-refractivity contribution >= 4 is 6.41 Å². The Balaban J connectivity index is 1.77. The topological polar surface area (TPSA) is 77.7 Å². The van der Waals surface area contributed by atoms with E-state index in [1.54, 1.807) is 12.0 Å². The van der Waals surface area contributed by atoms with Gasteiger partial charge in [-0.25, -0.2) is 0 Å². The first-order valence-corrected chi connectivity index (χ1v) is 8.09. The van der Waals surface area contributed by atoms with E-state index in [0.717, 1.165) is 37.9 Å². The third-order valence-corrected chi connectivity index (χ3v) is 4.19. The van der Waals surface area contributed by atoms with Crippen LogP contribution in [0.2, 0.25) is 0 Å². The highest BCUT2D eigenvalue weighted by Gasteiger charge is 2.25. The summed E-state index contributed by atoms with van der Waals surface area (Å²) in [5.41, 5.74) is 0.815. The zero-order valence-corrected chi connectivity index (χ0v) is 13.9. The van der Waals surface area contributed by atoms with Crippen molar-refractivity contribution in [3.8, 4) is 22.9 Å². The zero-order valence-electron chi connectivity index (χ0n) is 13.9. The van der Waals surface area contributed by atoms with E-state index < -0.39 is 0 Å². The Kier molecular flexibility index (Phi) is 4.98. The summed E-state index contributed by atoms with van der Waals surface area (Å²) in [6.45, 7) is 3.95. The van der Waals surface area contributed by atoms with Crippen LogP contribution in [0, 0.1) is 0 Å². The quantitative estimate of drug-likeness (QED) is 0.757. The molecular weight excluding hydrogens is 310 g/mol. The molecule has 0 atom stereocenters. The van der Waals surface area contributed by atoms with Gasteiger partial charge in [-0.15, -0.1) is 0 Å². The molecule has 7 heteroatoms. The van der Waals surface area contributed by atoms with Crippen molar-refractivity contribution in [2.24, 2.45) is 0 Å². The van der Waals surface area contributed by atoms with E-state index >= 15 is 0 Å². The van der Waals surface area contributed by atoms with Gasteiger partial charge in [-0.2, -0.15) is 4.98 Å². The second kappa shape index (κ2) is 7.33. The minimum Gasteiger partial charge on any atom is -0.493 e. The van der Waals surface area contributed by atoms with E-state index in [4.69, 9.17) is 14.0 Å². The van der Waals surface area contributed by atoms with Gasteiger partial charge in [0.05, 0.1) is 13.7 Å². The summed E-state index contributed by atoms with van der Waals surface area (Å²) in [6, 6.07) is 5.57. The van der Waals surface area contributed by atoms with Crippen LogP contribution in [0.3, 0.4) is 0 Å². The Labute approximate surface area is 140 Å². The lowest BCUT2D eigenvalue weighted by molar-refractivity contribution is -0.119. The molecule has 1 aromatic heterocycles. The smallest absolute Gasteiger partial charge is 0.230 e. The van der Waals surface area contributed by atoms with Crippen LogP contribution >= 0.6 is 0 Å². The lowest BCUT2D eigenvalue weighted by Gasteiger charge is -2.26. The summed E-state index contributed by atoms with van der Waals surface area (Å²) < 4.78 is 16.3. The Morgan fingerprint density at radius 2 is 2.12 bits per heavy atom. The van der Waals surface area contributed by atoms with E-state index in [2.05, 4.69) is 10.1 Å². The molecule has 1 aromatic carbocycles. The van der Waals surface area contributed by atoms with Crippen molar-refractivity contribution in [2.45, 2.75) is 25.7 Å². The number of carbonyl (C=O) groups excluding carboxylic acids is 1. The second-order valence-electron chi connectivity index (χ2n) is 5.67. The second-order valence-corrected chi connectivity index (χ2v) is 5.67. The highest BCUT2D eigenvalue weighted by molar-refractivity contribution is 5.60. The molecule has 0 aliphatic carbocycles. The van der Waals surface area contributed by atoms with Crippen LogP contribution in [0.5, 0.6) is 11.5 Å². The van der Waals surface area contributed by atoms with Crippen molar-refractivity contribution in [3.05, 3.63) is 24.1 Å². The molecule has 0 bridgehead atoms. The van der Waals surface area contributed by atoms with Crippen LogP contribution in [-0.2, 0) is 4.79 Å². The molecule has 0 unspecified atom stereocenters. The Morgan fingerprint density at radius 1 is 1.33 bits per heavy atom. The number of likely N-dealkylation sites (tertiary alicyclic amines) is 1. The molecule has 1 aliphatic heterocycles. The fourth-order valence-electron chi connectivity index (χ4n) is 2.85. The van der Waals surface area contributed by atoms with E-state index in [1.807, 2.05) is 25.1 Å². The van der Waals surface area contributed by atoms with Gasteiger partial charge in [-0.05, 0) is 38.0 Å². The minimum atomic E-state index is 0.201. The molecule has 1 amide bonds. The molecule has 1 aliphatic rings. The maximum atomic E-state index is 10.8. The van der Waals surface area contributed by atoms with Crippen LogP contribution in [0.4, 0.5) is 0 Å². The number of hydrogen-bond acceptors (Lipinski definition) is 6. The van der Waals surface area contributed by atoms with Crippen molar-refractivity contribution in [3.63, 3.8) is 0 Å². The van der Waals surface area contributed by atoms with Gasteiger partial charge in [-0.3, -0.25) is 4.79 Å². The van der Waals surface area contributed by atoms with E-state index in [1.165, 1.54) is 0 Å². The number of aromatic nitrogens is 2. The minimum absolute atomic E-state index is 0.201. The highest BCUT2D eigenvalue weighted by Crippen LogP contribution is 2.33. The van der Waals surface area contributed by atoms with Gasteiger partial charge < -0.3 is 18.9 Å². The number of piperidine rings is 1. The van der Waals surface area contributed by atoms with Crippen molar-refractivity contribution in [1.29, 1.82) is 0 Å². The predicted molar refractivity (Wildman–Crippen MR) is 87.1 cm³/mol. The first-order chi connectivity index (χ1) is 11.7. The van der Waals surface area contributed by atoms with Crippen LogP contribution in [0.1, 0.15) is 31.6 Å². The molecule has 7 nitrogen and oxygen atoms in total. The van der Waals surface area contributed by atoms with Crippen molar-refractivity contribution < 1.29 is 18.8 Å². The summed E-state index contributed by atoms with van der Waals surface area (Å²) in [5, 5.41) is 4.09. The number of amides is 1. The Hall–Kier alpha value is -2.57. The van der Waals surface area contributed by atoms with Crippen LogP contribution < -0.4 is 9.47 Å². The molecule has 128 valence electrons. The number of nitrogens with zero attached hydrogens (tertiary/aromatic N) is 3. The fourth-order valence-corrected chi connectivity index (χ4v) is 2.85. The molecule has 24 heavy (non-hydrogen) atoms. The molecule has 2 aromatic rings. The predicted octanol–water partition coefficient (Wildman–Crippen LogP) is 2.48. The number of rotatable bonds is 6. The van der Waals surface area contributed by atoms with Gasteiger partial charge in [0.2, 0.25) is 18.1 Å². The van der Waals surface area contributed by atoms with Gasteiger partial charge >= 0.3 is 0 Å². The molecule has 3 rings (SSSR count). The van der Waals surface area contributed by atoms with E-state index in [9.17, 15) is 4.79 Å². The number of ether oxygens (including phenoxy) is 2. The lowest BCUT2D eigenvalue weighted by atomic mass is 9.97. The van der Waals surface area contributed by atoms with E-state index in [-0.39, 0.29) is 5.92 Å². The van der Waals surface area contributed by atoms with Gasteiger partial charge in [0.1, 0.15) is 0 Å². The van der Waals surface area contributed by atoms with Gasteiger partial charge in [0.25, 0.3) is 0 Å². The van der Waals surface area contributed by atoms with Crippen LogP contribution in [-0.4, -0.2) is 48.3 Å². The monoisotopic (exact) mass is 331 g/mol. The standard InChI is InChI=1S/C17H21N3O4/c1-3-23-14-5-4-13(10-15(14)22-2)16-18-17(24-19-16)12-6-8-20(11-21)9-7-12/h4-5,10-12H,3,6-9H2,1-2H3. The SMILES string of the molecule is CCOc1ccc(-c2noc(C3CCN(C=O)CC3)n2)cc1OC. The molecule has 0 N–H and O–H groups in total. The molecule has 1 fully saturated rings. The Morgan fingerprint density at radius 3 is 2.79 bits per heavy atom. The van der Waals surface area contributed by atoms with Gasteiger partial charge in [-0.1, -0.05) is 5.16 Å². The average Bonchev–Trinajstić information content (AvgIpc) is 3.12. The van der Waals surface area contributed by atoms with Gasteiger partial charge in [0, 0.05) is 24.6 Å². The zero-order chi connectivity index (χ0) is 16.9. The third-order valence-electron chi connectivity index (χ3n) is 4.19. The average molecular weight is 331 g/mol. The number of methoxy groups -OCH3 is 1. The molecule has 2 heterocycles. The maximum Gasteiger partial charge on any atom is 0.230 e. The number of carbonyl (C=O) groups is 1. The lowest BCUT2D eigenvalue weighted by Crippen LogP contribution is -2.31. The number of hydrogen-bond donors (Lipinski definition) is 0. The molecule has 0 radical (unpaired) electrons. The Bertz CT molecular complexity index is 693. The molecule has 0 saturated carbocycles. The summed E-state index contributed by atoms with van der Waals surface area (Å²) in [5.74, 6) is 2.69. The molecular formula is C17H21N3O4. The fraction of sp³-hybridized carbons (Fsp3) is 0.471. The maximum absolute atomic E-state index is 10.8. The summed E-state index contributed by atoms with van der Waals surface area (Å²) in [7, 11) is 1.60. The number of benzene rings is 1. The van der Waals surface area contributed by atoms with Crippen molar-refractivity contribution in [2.75, 3.05) is 26.8 Å². The largest absolute Gasteiger partial charge is 0.493 e. The van der Waals surface area contributed by atoms with Crippen LogP contribution in [0.25, 0.3) is 11.4 Å². The van der Waals surface area contributed by atoms with Crippen LogP contribution in [0.15, 0.2) is 22.7 Å². The summed E-state index contributed by atoms with van der Waals surface area (Å²) in [4.78, 5) is 17.1. The third kappa shape index (κ3) is 3.34. The molecule has 1 saturated heterocycles. The first-order valence-electron chi connectivity index (χ1n) is 8.09. The highest BCUT2D eigenvalue weighted by atomic mass is 16.5. The van der Waals surface area contributed by atoms with Crippen molar-refractivity contribution in [1.82, 2.24) is 15.0 Å². The summed E-state index contributed by atoms with van der Waals surface area (Å²) >= 11 is 0. The first kappa shape index (κ1) is 16.3. The molecule has 0 spiro atoms. The van der Waals surface area contributed by atoms with E-state index in [0.29, 0.717) is 29.8 Å². The normalized spacial score (nSPS) is 15.3.